The zero-order valence-corrected chi connectivity index (χ0v) is 20.9. The van der Waals surface area contributed by atoms with Gasteiger partial charge in [0, 0.05) is 35.5 Å². The Hall–Kier alpha value is -3.86. The molecule has 214 valence electrons. The fourth-order valence-electron chi connectivity index (χ4n) is 4.27. The van der Waals surface area contributed by atoms with E-state index in [9.17, 15) is 29.7 Å². The molecule has 20 heteroatoms. The average Bonchev–Trinajstić information content (AvgIpc) is 2.85. The Balaban J connectivity index is 2.47. The third-order valence-electron chi connectivity index (χ3n) is 5.83. The topological polar surface area (TPSA) is 304 Å². The first-order valence-electron chi connectivity index (χ1n) is 11.4. The smallest absolute Gasteiger partial charge is 0.303 e. The molecule has 1 aliphatic heterocycles. The quantitative estimate of drug-likeness (QED) is 0.106. The van der Waals surface area contributed by atoms with Crippen molar-refractivity contribution in [2.75, 3.05) is 6.61 Å². The first-order valence-corrected chi connectivity index (χ1v) is 11.4. The van der Waals surface area contributed by atoms with Crippen molar-refractivity contribution in [1.29, 1.82) is 0 Å². The third kappa shape index (κ3) is 8.06. The lowest BCUT2D eigenvalue weighted by Gasteiger charge is -2.47. The summed E-state index contributed by atoms with van der Waals surface area (Å²) < 4.78 is 26.5. The largest absolute Gasteiger partial charge is 0.462 e. The molecule has 1 heterocycles. The van der Waals surface area contributed by atoms with E-state index in [-0.39, 0.29) is 6.42 Å². The van der Waals surface area contributed by atoms with E-state index < -0.39 is 91.7 Å². The number of aliphatic hydroxyl groups is 3. The predicted octanol–water partition coefficient (Wildman–Crippen LogP) is 0.0461. The average molecular weight is 557 g/mol. The Bertz CT molecular complexity index is 1060. The summed E-state index contributed by atoms with van der Waals surface area (Å²) in [4.78, 5) is 42.5. The normalized spacial score (nSPS) is 34.6. The molecule has 1 unspecified atom stereocenters. The van der Waals surface area contributed by atoms with E-state index in [4.69, 9.17) is 40.3 Å². The van der Waals surface area contributed by atoms with E-state index >= 15 is 0 Å². The Morgan fingerprint density at radius 1 is 0.872 bits per heavy atom. The van der Waals surface area contributed by atoms with Crippen molar-refractivity contribution >= 4 is 17.9 Å². The molecule has 0 aromatic rings. The minimum absolute atomic E-state index is 0.260. The molecular formula is C19H27N9O11. The highest BCUT2D eigenvalue weighted by molar-refractivity contribution is 5.67. The number of ether oxygens (including phenoxy) is 5. The lowest BCUT2D eigenvalue weighted by Crippen LogP contribution is -2.64. The van der Waals surface area contributed by atoms with E-state index in [1.165, 1.54) is 0 Å². The summed E-state index contributed by atoms with van der Waals surface area (Å²) >= 11 is 0. The summed E-state index contributed by atoms with van der Waals surface area (Å²) in [5.74, 6) is -2.45. The van der Waals surface area contributed by atoms with Gasteiger partial charge in [0.1, 0.15) is 37.1 Å². The van der Waals surface area contributed by atoms with Gasteiger partial charge in [0.25, 0.3) is 0 Å². The molecule has 0 amide bonds. The van der Waals surface area contributed by atoms with Crippen molar-refractivity contribution < 1.29 is 53.4 Å². The molecule has 0 aromatic heterocycles. The monoisotopic (exact) mass is 557 g/mol. The van der Waals surface area contributed by atoms with Gasteiger partial charge in [-0.3, -0.25) is 14.4 Å². The summed E-state index contributed by atoms with van der Waals surface area (Å²) in [6, 6.07) is -4.08. The van der Waals surface area contributed by atoms with Gasteiger partial charge in [0.05, 0.1) is 24.3 Å². The van der Waals surface area contributed by atoms with Crippen LogP contribution in [0.1, 0.15) is 27.2 Å². The molecular weight excluding hydrogens is 530 g/mol. The van der Waals surface area contributed by atoms with Crippen molar-refractivity contribution in [1.82, 2.24) is 0 Å². The maximum atomic E-state index is 11.6. The van der Waals surface area contributed by atoms with Crippen LogP contribution in [-0.2, 0) is 38.1 Å². The molecule has 11 atom stereocenters. The summed E-state index contributed by atoms with van der Waals surface area (Å²) in [5.41, 5.74) is 26.9. The second kappa shape index (κ2) is 14.3. The van der Waals surface area contributed by atoms with Gasteiger partial charge in [-0.25, -0.2) is 0 Å². The van der Waals surface area contributed by atoms with Crippen molar-refractivity contribution in [3.63, 3.8) is 0 Å². The minimum atomic E-state index is -1.89. The van der Waals surface area contributed by atoms with E-state index in [1.807, 2.05) is 0 Å². The van der Waals surface area contributed by atoms with Crippen LogP contribution in [0.3, 0.4) is 0 Å². The van der Waals surface area contributed by atoms with Gasteiger partial charge in [-0.05, 0) is 23.0 Å². The van der Waals surface area contributed by atoms with Crippen LogP contribution in [0.4, 0.5) is 0 Å². The molecule has 1 saturated carbocycles. The van der Waals surface area contributed by atoms with Crippen LogP contribution in [0, 0.1) is 0 Å². The maximum Gasteiger partial charge on any atom is 0.303 e. The highest BCUT2D eigenvalue weighted by atomic mass is 16.7. The third-order valence-corrected chi connectivity index (χ3v) is 5.83. The lowest BCUT2D eigenvalue weighted by molar-refractivity contribution is -0.305. The Morgan fingerprint density at radius 2 is 1.46 bits per heavy atom. The maximum absolute atomic E-state index is 11.6. The number of hydrogen-bond acceptors (Lipinski definition) is 14. The van der Waals surface area contributed by atoms with Crippen molar-refractivity contribution in [2.24, 2.45) is 15.3 Å². The second-order valence-electron chi connectivity index (χ2n) is 8.54. The van der Waals surface area contributed by atoms with Gasteiger partial charge >= 0.3 is 17.9 Å². The first-order chi connectivity index (χ1) is 18.4. The van der Waals surface area contributed by atoms with Gasteiger partial charge in [-0.1, -0.05) is 15.3 Å². The van der Waals surface area contributed by atoms with E-state index in [0.717, 1.165) is 20.8 Å². The van der Waals surface area contributed by atoms with Gasteiger partial charge in [0.15, 0.2) is 12.4 Å². The van der Waals surface area contributed by atoms with Crippen molar-refractivity contribution in [3.8, 4) is 0 Å². The number of nitrogens with zero attached hydrogens (tertiary/aromatic N) is 9. The molecule has 0 spiro atoms. The molecule has 2 aliphatic rings. The van der Waals surface area contributed by atoms with Crippen LogP contribution in [0.5, 0.6) is 0 Å². The van der Waals surface area contributed by atoms with Crippen LogP contribution in [0.2, 0.25) is 0 Å². The molecule has 1 saturated heterocycles. The molecule has 0 aromatic carbocycles. The first kappa shape index (κ1) is 31.4. The highest BCUT2D eigenvalue weighted by Gasteiger charge is 2.53. The molecule has 39 heavy (non-hydrogen) atoms. The Labute approximate surface area is 219 Å². The summed E-state index contributed by atoms with van der Waals surface area (Å²) in [5, 5.41) is 42.8. The fourth-order valence-corrected chi connectivity index (χ4v) is 4.27. The van der Waals surface area contributed by atoms with Crippen LogP contribution in [0.15, 0.2) is 15.3 Å². The number of azide groups is 3. The van der Waals surface area contributed by atoms with E-state index in [0.29, 0.717) is 0 Å². The number of rotatable bonds is 10. The van der Waals surface area contributed by atoms with Crippen molar-refractivity contribution in [2.45, 2.75) is 94.3 Å². The van der Waals surface area contributed by atoms with Crippen LogP contribution < -0.4 is 0 Å². The standard InChI is InChI=1S/C19H27N9O11/c1-6(29)35-5-11(36-7(2)30)18-14(33)13(32)12(25-28-22)19(39-18)38-17-10(24-27-21)4-9(23-26-20)16(15(17)34)37-8(3)31/h9-19,32-34H,4-5H2,1-3H3/t9-,10+,11?,12-,13-,14+,15-,16+,17-,18+,19+/m1/s1. The number of aliphatic hydroxyl groups excluding tert-OH is 3. The highest BCUT2D eigenvalue weighted by Crippen LogP contribution is 2.34. The molecule has 2 fully saturated rings. The predicted molar refractivity (Wildman–Crippen MR) is 123 cm³/mol. The zero-order valence-electron chi connectivity index (χ0n) is 20.9. The summed E-state index contributed by atoms with van der Waals surface area (Å²) in [6.07, 6.45) is -13.7. The molecule has 0 radical (unpaired) electrons. The molecule has 20 nitrogen and oxygen atoms in total. The minimum Gasteiger partial charge on any atom is -0.462 e. The fraction of sp³-hybridized carbons (Fsp3) is 0.842. The number of carbonyl (C=O) groups excluding carboxylic acids is 3. The van der Waals surface area contributed by atoms with Crippen LogP contribution >= 0.6 is 0 Å². The molecule has 0 bridgehead atoms. The number of esters is 3. The number of carbonyl (C=O) groups is 3. The lowest BCUT2D eigenvalue weighted by atomic mass is 9.84. The number of hydrogen-bond donors (Lipinski definition) is 3. The van der Waals surface area contributed by atoms with E-state index in [1.54, 1.807) is 0 Å². The van der Waals surface area contributed by atoms with Gasteiger partial charge in [-0.2, -0.15) is 0 Å². The van der Waals surface area contributed by atoms with Gasteiger partial charge < -0.3 is 39.0 Å². The van der Waals surface area contributed by atoms with Gasteiger partial charge in [-0.15, -0.1) is 0 Å². The summed E-state index contributed by atoms with van der Waals surface area (Å²) in [6.45, 7) is 2.54. The molecule has 3 N–H and O–H groups in total. The van der Waals surface area contributed by atoms with Crippen LogP contribution in [-0.4, -0.2) is 107 Å². The zero-order chi connectivity index (χ0) is 29.3. The van der Waals surface area contributed by atoms with Crippen molar-refractivity contribution in [3.05, 3.63) is 31.3 Å². The van der Waals surface area contributed by atoms with E-state index in [2.05, 4.69) is 30.1 Å². The molecule has 2 rings (SSSR count). The SMILES string of the molecule is CC(=O)OCC(OC(C)=O)[C@@H]1O[C@H](O[C@H]2[C@H](O)[C@@H](OC(C)=O)[C@H](N=[N+]=[N-])C[C@@H]2N=[N+]=[N-])[C@H](N=[N+]=[N-])[C@@H](O)[C@@H]1O. The van der Waals surface area contributed by atoms with Gasteiger partial charge in [0.2, 0.25) is 0 Å². The second-order valence-corrected chi connectivity index (χ2v) is 8.54. The summed E-state index contributed by atoms with van der Waals surface area (Å²) in [7, 11) is 0. The van der Waals surface area contributed by atoms with Crippen LogP contribution in [0.25, 0.3) is 31.3 Å². The molecule has 1 aliphatic carbocycles. The Morgan fingerprint density at radius 3 is 1.97 bits per heavy atom. The Kier molecular flexibility index (Phi) is 11.5.